The number of hydrogen-bond donors (Lipinski definition) is 1. The third kappa shape index (κ3) is 4.06. The molecule has 2 heterocycles. The molecule has 1 aromatic carbocycles. The van der Waals surface area contributed by atoms with Crippen LogP contribution in [0.15, 0.2) is 40.6 Å². The van der Waals surface area contributed by atoms with Crippen molar-refractivity contribution in [3.8, 4) is 0 Å². The minimum atomic E-state index is -3.65. The van der Waals surface area contributed by atoms with Crippen LogP contribution in [0.5, 0.6) is 0 Å². The third-order valence-electron chi connectivity index (χ3n) is 4.63. The molecule has 0 fully saturated rings. The molecule has 0 aliphatic carbocycles. The Kier molecular flexibility index (Phi) is 5.67. The molecule has 0 spiro atoms. The zero-order valence-electron chi connectivity index (χ0n) is 15.6. The lowest BCUT2D eigenvalue weighted by atomic mass is 10.0. The van der Waals surface area contributed by atoms with Gasteiger partial charge in [0.05, 0.1) is 14.6 Å². The minimum Gasteiger partial charge on any atom is -0.287 e. The van der Waals surface area contributed by atoms with Gasteiger partial charge in [-0.3, -0.25) is 4.79 Å². The number of nitrogens with one attached hydrogen (secondary N) is 1. The highest BCUT2D eigenvalue weighted by atomic mass is 32.2. The first-order valence-electron chi connectivity index (χ1n) is 8.44. The molecule has 7 heteroatoms. The molecule has 0 saturated carbocycles. The summed E-state index contributed by atoms with van der Waals surface area (Å²) in [6, 6.07) is 9.19. The molecule has 1 N–H and O–H groups in total. The number of carbonyl (C=O) groups excluding carboxylic acids is 1. The molecule has 0 atom stereocenters. The molecule has 2 aromatic heterocycles. The fourth-order valence-corrected chi connectivity index (χ4v) is 6.30. The summed E-state index contributed by atoms with van der Waals surface area (Å²) in [6.45, 7) is 7.67. The number of ketones is 1. The van der Waals surface area contributed by atoms with Crippen LogP contribution in [0.2, 0.25) is 0 Å². The smallest absolute Gasteiger partial charge is 0.241 e. The molecule has 27 heavy (non-hydrogen) atoms. The van der Waals surface area contributed by atoms with E-state index in [2.05, 4.69) is 4.72 Å². The van der Waals surface area contributed by atoms with E-state index >= 15 is 0 Å². The van der Waals surface area contributed by atoms with Crippen LogP contribution in [0.1, 0.15) is 41.7 Å². The Bertz CT molecular complexity index is 1070. The van der Waals surface area contributed by atoms with Gasteiger partial charge >= 0.3 is 0 Å². The summed E-state index contributed by atoms with van der Waals surface area (Å²) in [5, 5.41) is 1.87. The summed E-state index contributed by atoms with van der Waals surface area (Å²) in [5.74, 6) is -0.0231. The van der Waals surface area contributed by atoms with Crippen LogP contribution in [0, 0.1) is 27.7 Å². The largest absolute Gasteiger partial charge is 0.287 e. The molecule has 0 bridgehead atoms. The van der Waals surface area contributed by atoms with E-state index in [-0.39, 0.29) is 12.3 Å². The Labute approximate surface area is 167 Å². The molecule has 0 radical (unpaired) electrons. The standard InChI is InChI=1S/C20H21NO3S3/c1-12-10-13(2)15(4)20(14(12)3)27(23,24)21-11-16-7-8-18(26-16)19(22)17-6-5-9-25-17/h5-10,21H,11H2,1-4H3. The van der Waals surface area contributed by atoms with Gasteiger partial charge in [-0.05, 0) is 73.5 Å². The van der Waals surface area contributed by atoms with Gasteiger partial charge in [-0.15, -0.1) is 22.7 Å². The van der Waals surface area contributed by atoms with E-state index in [0.717, 1.165) is 27.1 Å². The van der Waals surface area contributed by atoms with E-state index in [1.165, 1.54) is 22.7 Å². The van der Waals surface area contributed by atoms with Crippen molar-refractivity contribution in [3.05, 3.63) is 72.6 Å². The van der Waals surface area contributed by atoms with Gasteiger partial charge in [-0.1, -0.05) is 12.1 Å². The molecule has 142 valence electrons. The second kappa shape index (κ2) is 7.67. The zero-order chi connectivity index (χ0) is 19.8. The predicted octanol–water partition coefficient (Wildman–Crippen LogP) is 4.75. The topological polar surface area (TPSA) is 63.2 Å². The Morgan fingerprint density at radius 1 is 1.00 bits per heavy atom. The van der Waals surface area contributed by atoms with Crippen molar-refractivity contribution in [1.29, 1.82) is 0 Å². The van der Waals surface area contributed by atoms with E-state index in [1.807, 2.05) is 45.2 Å². The van der Waals surface area contributed by atoms with Gasteiger partial charge in [-0.2, -0.15) is 0 Å². The minimum absolute atomic E-state index is 0.0231. The summed E-state index contributed by atoms with van der Waals surface area (Å²) in [6.07, 6.45) is 0. The lowest BCUT2D eigenvalue weighted by molar-refractivity contribution is 0.104. The quantitative estimate of drug-likeness (QED) is 0.586. The molecular formula is C20H21NO3S3. The van der Waals surface area contributed by atoms with Crippen LogP contribution < -0.4 is 4.72 Å². The Hall–Kier alpha value is -1.80. The number of aryl methyl sites for hydroxylation is 2. The van der Waals surface area contributed by atoms with Gasteiger partial charge in [0.25, 0.3) is 0 Å². The maximum absolute atomic E-state index is 12.9. The van der Waals surface area contributed by atoms with E-state index < -0.39 is 10.0 Å². The molecule has 0 amide bonds. The van der Waals surface area contributed by atoms with Crippen molar-refractivity contribution in [2.24, 2.45) is 0 Å². The first-order chi connectivity index (χ1) is 12.7. The summed E-state index contributed by atoms with van der Waals surface area (Å²) >= 11 is 2.72. The first-order valence-corrected chi connectivity index (χ1v) is 11.6. The van der Waals surface area contributed by atoms with Crippen molar-refractivity contribution >= 4 is 38.5 Å². The maximum Gasteiger partial charge on any atom is 0.241 e. The van der Waals surface area contributed by atoms with Gasteiger partial charge in [-0.25, -0.2) is 13.1 Å². The van der Waals surface area contributed by atoms with Crippen molar-refractivity contribution in [2.45, 2.75) is 39.1 Å². The highest BCUT2D eigenvalue weighted by Crippen LogP contribution is 2.27. The summed E-state index contributed by atoms with van der Waals surface area (Å²) < 4.78 is 28.5. The monoisotopic (exact) mass is 419 g/mol. The second-order valence-electron chi connectivity index (χ2n) is 6.49. The second-order valence-corrected chi connectivity index (χ2v) is 10.3. The first kappa shape index (κ1) is 19.9. The normalized spacial score (nSPS) is 11.7. The Morgan fingerprint density at radius 3 is 2.26 bits per heavy atom. The fraction of sp³-hybridized carbons (Fsp3) is 0.250. The van der Waals surface area contributed by atoms with Crippen molar-refractivity contribution in [2.75, 3.05) is 0 Å². The Balaban J connectivity index is 1.80. The molecule has 3 aromatic rings. The van der Waals surface area contributed by atoms with Gasteiger partial charge in [0.2, 0.25) is 15.8 Å². The van der Waals surface area contributed by atoms with Crippen LogP contribution >= 0.6 is 22.7 Å². The van der Waals surface area contributed by atoms with Crippen LogP contribution in [0.4, 0.5) is 0 Å². The lowest BCUT2D eigenvalue weighted by Crippen LogP contribution is -2.25. The number of hydrogen-bond acceptors (Lipinski definition) is 5. The average Bonchev–Trinajstić information content (AvgIpc) is 3.29. The number of rotatable bonds is 6. The summed E-state index contributed by atoms with van der Waals surface area (Å²) in [4.78, 5) is 14.8. The summed E-state index contributed by atoms with van der Waals surface area (Å²) in [7, 11) is -3.65. The van der Waals surface area contributed by atoms with Crippen LogP contribution in [-0.4, -0.2) is 14.2 Å². The number of carbonyl (C=O) groups is 1. The molecule has 0 saturated heterocycles. The highest BCUT2D eigenvalue weighted by Gasteiger charge is 2.22. The zero-order valence-corrected chi connectivity index (χ0v) is 18.1. The van der Waals surface area contributed by atoms with Crippen LogP contribution in [0.25, 0.3) is 0 Å². The maximum atomic E-state index is 12.9. The van der Waals surface area contributed by atoms with Crippen molar-refractivity contribution in [3.63, 3.8) is 0 Å². The van der Waals surface area contributed by atoms with Gasteiger partial charge in [0.15, 0.2) is 0 Å². The molecular weight excluding hydrogens is 398 g/mol. The van der Waals surface area contributed by atoms with E-state index in [1.54, 1.807) is 18.2 Å². The molecule has 4 nitrogen and oxygen atoms in total. The van der Waals surface area contributed by atoms with E-state index in [9.17, 15) is 13.2 Å². The van der Waals surface area contributed by atoms with E-state index in [4.69, 9.17) is 0 Å². The molecule has 0 aliphatic rings. The third-order valence-corrected chi connectivity index (χ3v) is 8.26. The SMILES string of the molecule is Cc1cc(C)c(C)c(S(=O)(=O)NCc2ccc(C(=O)c3cccs3)s2)c1C. The average molecular weight is 420 g/mol. The molecule has 0 aliphatic heterocycles. The Morgan fingerprint density at radius 2 is 1.67 bits per heavy atom. The van der Waals surface area contributed by atoms with Crippen molar-refractivity contribution < 1.29 is 13.2 Å². The number of sulfonamides is 1. The van der Waals surface area contributed by atoms with Gasteiger partial charge in [0.1, 0.15) is 0 Å². The van der Waals surface area contributed by atoms with Crippen LogP contribution in [0.3, 0.4) is 0 Å². The van der Waals surface area contributed by atoms with Gasteiger partial charge in [0, 0.05) is 11.4 Å². The molecule has 0 unspecified atom stereocenters. The molecule has 3 rings (SSSR count). The summed E-state index contributed by atoms with van der Waals surface area (Å²) in [5.41, 5.74) is 3.45. The van der Waals surface area contributed by atoms with Gasteiger partial charge < -0.3 is 0 Å². The van der Waals surface area contributed by atoms with Crippen molar-refractivity contribution in [1.82, 2.24) is 4.72 Å². The van der Waals surface area contributed by atoms with E-state index in [0.29, 0.717) is 14.6 Å². The number of thiophene rings is 2. The highest BCUT2D eigenvalue weighted by molar-refractivity contribution is 7.89. The lowest BCUT2D eigenvalue weighted by Gasteiger charge is -2.16. The van der Waals surface area contributed by atoms with Crippen LogP contribution in [-0.2, 0) is 16.6 Å². The predicted molar refractivity (Wildman–Crippen MR) is 111 cm³/mol. The number of benzene rings is 1. The fourth-order valence-electron chi connectivity index (χ4n) is 2.95.